The molecule has 0 heterocycles. The van der Waals surface area contributed by atoms with Crippen LogP contribution in [0.5, 0.6) is 5.75 Å². The van der Waals surface area contributed by atoms with E-state index in [0.717, 1.165) is 5.56 Å². The molecule has 0 aliphatic rings. The molecule has 1 aromatic rings. The summed E-state index contributed by atoms with van der Waals surface area (Å²) in [6.07, 6.45) is 2.75. The van der Waals surface area contributed by atoms with Gasteiger partial charge >= 0.3 is 6.09 Å². The third kappa shape index (κ3) is 9.20. The number of nitrogens with zero attached hydrogens (tertiary/aromatic N) is 4. The minimum absolute atomic E-state index is 0.0453. The second kappa shape index (κ2) is 13.1. The molecule has 0 saturated carbocycles. The Morgan fingerprint density at radius 3 is 2.26 bits per heavy atom. The average Bonchev–Trinajstić information content (AvgIpc) is 2.67. The number of amidine groups is 2. The van der Waals surface area contributed by atoms with Crippen LogP contribution in [0.15, 0.2) is 51.2 Å². The van der Waals surface area contributed by atoms with E-state index in [1.165, 1.54) is 4.90 Å². The van der Waals surface area contributed by atoms with Gasteiger partial charge in [-0.15, -0.1) is 10.2 Å². The highest BCUT2D eigenvalue weighted by Gasteiger charge is 2.12. The predicted octanol–water partition coefficient (Wildman–Crippen LogP) is 3.08. The molecule has 0 aliphatic heterocycles. The molecule has 27 heavy (non-hydrogen) atoms. The summed E-state index contributed by atoms with van der Waals surface area (Å²) in [7, 11) is 1.55. The third-order valence-corrected chi connectivity index (χ3v) is 3.03. The largest absolute Gasteiger partial charge is 0.415 e. The maximum Gasteiger partial charge on any atom is 0.415 e. The Kier molecular flexibility index (Phi) is 11.6. The molecule has 0 atom stereocenters. The van der Waals surface area contributed by atoms with Gasteiger partial charge in [-0.25, -0.2) is 4.79 Å². The number of aliphatic imine (C=N–C) groups is 1. The molecule has 0 fully saturated rings. The molecule has 0 bridgehead atoms. The highest BCUT2D eigenvalue weighted by Crippen LogP contribution is 2.12. The molecule has 8 heteroatoms. The number of hydrogen-bond acceptors (Lipinski definition) is 5. The van der Waals surface area contributed by atoms with Crippen LogP contribution in [0.25, 0.3) is 0 Å². The lowest BCUT2D eigenvalue weighted by atomic mass is 10.2. The lowest BCUT2D eigenvalue weighted by molar-refractivity contribution is 0.168. The predicted molar refractivity (Wildman–Crippen MR) is 112 cm³/mol. The summed E-state index contributed by atoms with van der Waals surface area (Å²) in [5, 5.41) is 7.63. The molecule has 8 nitrogen and oxygen atoms in total. The molecular formula is C19H30N6O2. The smallest absolute Gasteiger partial charge is 0.410 e. The van der Waals surface area contributed by atoms with Crippen LogP contribution < -0.4 is 16.2 Å². The second-order valence-electron chi connectivity index (χ2n) is 5.17. The third-order valence-electron chi connectivity index (χ3n) is 3.03. The van der Waals surface area contributed by atoms with Gasteiger partial charge in [-0.2, -0.15) is 0 Å². The SMILES string of the molecule is CC.CC=NC(=C\C)/C(N)=N/N=C(\N)CN(C)C(=O)Oc1ccc(C)cc1. The Labute approximate surface area is 161 Å². The molecule has 0 unspecified atom stereocenters. The van der Waals surface area contributed by atoms with Gasteiger partial charge in [-0.3, -0.25) is 4.99 Å². The Bertz CT molecular complexity index is 705. The van der Waals surface area contributed by atoms with E-state index in [0.29, 0.717) is 11.4 Å². The van der Waals surface area contributed by atoms with Crippen LogP contribution in [0.1, 0.15) is 33.3 Å². The van der Waals surface area contributed by atoms with E-state index in [1.807, 2.05) is 32.9 Å². The molecule has 148 valence electrons. The summed E-state index contributed by atoms with van der Waals surface area (Å²) in [5.41, 5.74) is 13.1. The van der Waals surface area contributed by atoms with E-state index >= 15 is 0 Å². The van der Waals surface area contributed by atoms with E-state index in [-0.39, 0.29) is 18.2 Å². The Balaban J connectivity index is 0.00000326. The van der Waals surface area contributed by atoms with Gasteiger partial charge in [-0.1, -0.05) is 37.6 Å². The van der Waals surface area contributed by atoms with E-state index in [2.05, 4.69) is 15.2 Å². The zero-order valence-electron chi connectivity index (χ0n) is 16.9. The van der Waals surface area contributed by atoms with Crippen LogP contribution in [0.2, 0.25) is 0 Å². The molecule has 0 aromatic heterocycles. The zero-order valence-corrected chi connectivity index (χ0v) is 16.9. The fourth-order valence-corrected chi connectivity index (χ4v) is 1.72. The first-order valence-electron chi connectivity index (χ1n) is 8.67. The van der Waals surface area contributed by atoms with Gasteiger partial charge in [0.25, 0.3) is 0 Å². The first-order chi connectivity index (χ1) is 12.9. The number of likely N-dealkylation sites (N-methyl/N-ethyl adjacent to an activating group) is 1. The quantitative estimate of drug-likeness (QED) is 0.452. The molecule has 0 saturated heterocycles. The summed E-state index contributed by atoms with van der Waals surface area (Å²) in [6, 6.07) is 7.15. The number of hydrogen-bond donors (Lipinski definition) is 2. The van der Waals surface area contributed by atoms with Gasteiger partial charge in [0.05, 0.1) is 6.54 Å². The van der Waals surface area contributed by atoms with E-state index in [9.17, 15) is 4.79 Å². The van der Waals surface area contributed by atoms with Gasteiger partial charge in [0.15, 0.2) is 5.84 Å². The molecule has 1 rings (SSSR count). The van der Waals surface area contributed by atoms with Crippen molar-refractivity contribution >= 4 is 24.0 Å². The number of ether oxygens (including phenoxy) is 1. The van der Waals surface area contributed by atoms with Crippen molar-refractivity contribution in [1.82, 2.24) is 4.90 Å². The van der Waals surface area contributed by atoms with Crippen molar-refractivity contribution in [3.63, 3.8) is 0 Å². The van der Waals surface area contributed by atoms with Gasteiger partial charge in [0, 0.05) is 13.3 Å². The average molecular weight is 374 g/mol. The van der Waals surface area contributed by atoms with E-state index in [4.69, 9.17) is 16.2 Å². The summed E-state index contributed by atoms with van der Waals surface area (Å²) in [4.78, 5) is 17.3. The number of rotatable bonds is 6. The summed E-state index contributed by atoms with van der Waals surface area (Å²) < 4.78 is 5.23. The van der Waals surface area contributed by atoms with Crippen molar-refractivity contribution < 1.29 is 9.53 Å². The topological polar surface area (TPSA) is 119 Å². The van der Waals surface area contributed by atoms with Crippen molar-refractivity contribution in [2.75, 3.05) is 13.6 Å². The van der Waals surface area contributed by atoms with Crippen LogP contribution in [0.4, 0.5) is 4.79 Å². The highest BCUT2D eigenvalue weighted by molar-refractivity contribution is 5.98. The maximum atomic E-state index is 12.0. The minimum Gasteiger partial charge on any atom is -0.410 e. The number of nitrogens with two attached hydrogens (primary N) is 2. The summed E-state index contributed by atoms with van der Waals surface area (Å²) in [5.74, 6) is 0.700. The monoisotopic (exact) mass is 374 g/mol. The van der Waals surface area contributed by atoms with E-state index in [1.54, 1.807) is 45.3 Å². The first kappa shape index (κ1) is 23.8. The fraction of sp³-hybridized carbons (Fsp3) is 0.368. The Morgan fingerprint density at radius 2 is 1.74 bits per heavy atom. The highest BCUT2D eigenvalue weighted by atomic mass is 16.6. The summed E-state index contributed by atoms with van der Waals surface area (Å²) >= 11 is 0. The lowest BCUT2D eigenvalue weighted by Gasteiger charge is -2.16. The van der Waals surface area contributed by atoms with Crippen molar-refractivity contribution in [3.8, 4) is 5.75 Å². The minimum atomic E-state index is -0.552. The van der Waals surface area contributed by atoms with Crippen molar-refractivity contribution in [2.24, 2.45) is 26.7 Å². The van der Waals surface area contributed by atoms with Crippen LogP contribution in [0.3, 0.4) is 0 Å². The van der Waals surface area contributed by atoms with Crippen LogP contribution >= 0.6 is 0 Å². The van der Waals surface area contributed by atoms with Crippen molar-refractivity contribution in [1.29, 1.82) is 0 Å². The van der Waals surface area contributed by atoms with Crippen LogP contribution in [0, 0.1) is 6.92 Å². The number of aryl methyl sites for hydroxylation is 1. The van der Waals surface area contributed by atoms with Gasteiger partial charge in [-0.05, 0) is 32.9 Å². The molecular weight excluding hydrogens is 344 g/mol. The number of allylic oxidation sites excluding steroid dienone is 1. The van der Waals surface area contributed by atoms with Crippen molar-refractivity contribution in [3.05, 3.63) is 41.6 Å². The van der Waals surface area contributed by atoms with E-state index < -0.39 is 6.09 Å². The number of benzene rings is 1. The Hall–Kier alpha value is -3.16. The lowest BCUT2D eigenvalue weighted by Crippen LogP contribution is -2.37. The number of amides is 1. The Morgan fingerprint density at radius 1 is 1.15 bits per heavy atom. The summed E-state index contributed by atoms with van der Waals surface area (Å²) in [6.45, 7) is 9.55. The normalized spacial score (nSPS) is 12.4. The number of carbonyl (C=O) groups is 1. The molecule has 0 spiro atoms. The fourth-order valence-electron chi connectivity index (χ4n) is 1.72. The standard InChI is InChI=1S/C17H24N6O2.C2H6/c1-5-14(20-6-2)16(19)22-21-15(18)11-23(4)17(24)25-13-9-7-12(3)8-10-13;1-2/h5-10H,11H2,1-4H3,(H2,18,21)(H2,19,22);1-2H3/b14-5-,20-6?;. The van der Waals surface area contributed by atoms with Crippen LogP contribution in [-0.2, 0) is 0 Å². The van der Waals surface area contributed by atoms with Gasteiger partial charge in [0.1, 0.15) is 17.3 Å². The second-order valence-corrected chi connectivity index (χ2v) is 5.17. The number of carbonyl (C=O) groups excluding carboxylic acids is 1. The van der Waals surface area contributed by atoms with Gasteiger partial charge < -0.3 is 21.1 Å². The molecule has 0 radical (unpaired) electrons. The van der Waals surface area contributed by atoms with Crippen LogP contribution in [-0.4, -0.2) is 42.5 Å². The molecule has 1 aromatic carbocycles. The molecule has 4 N–H and O–H groups in total. The first-order valence-corrected chi connectivity index (χ1v) is 8.67. The molecule has 0 aliphatic carbocycles. The maximum absolute atomic E-state index is 12.0. The van der Waals surface area contributed by atoms with Gasteiger partial charge in [0.2, 0.25) is 0 Å². The van der Waals surface area contributed by atoms with Crippen molar-refractivity contribution in [2.45, 2.75) is 34.6 Å². The zero-order chi connectivity index (χ0) is 20.8. The molecule has 1 amide bonds.